The first-order valence-electron chi connectivity index (χ1n) is 4.48. The zero-order valence-corrected chi connectivity index (χ0v) is 7.85. The standard InChI is InChI=1S/C12H8FNO/c13-12-9(8-15)4-3-5-10(12)11-6-1-2-7-14-11/h1-8H. The van der Waals surface area contributed by atoms with Crippen molar-refractivity contribution in [3.8, 4) is 11.3 Å². The number of halogens is 1. The number of hydrogen-bond donors (Lipinski definition) is 0. The normalized spacial score (nSPS) is 9.93. The van der Waals surface area contributed by atoms with E-state index in [1.807, 2.05) is 0 Å². The van der Waals surface area contributed by atoms with E-state index in [1.165, 1.54) is 6.07 Å². The van der Waals surface area contributed by atoms with E-state index in [1.54, 1.807) is 36.5 Å². The number of nitrogens with zero attached hydrogens (tertiary/aromatic N) is 1. The number of pyridine rings is 1. The highest BCUT2D eigenvalue weighted by molar-refractivity contribution is 5.78. The van der Waals surface area contributed by atoms with Crippen molar-refractivity contribution in [1.82, 2.24) is 4.98 Å². The summed E-state index contributed by atoms with van der Waals surface area (Å²) in [7, 11) is 0. The van der Waals surface area contributed by atoms with E-state index < -0.39 is 5.82 Å². The Balaban J connectivity index is 2.59. The molecule has 0 fully saturated rings. The van der Waals surface area contributed by atoms with Gasteiger partial charge in [-0.25, -0.2) is 4.39 Å². The first kappa shape index (κ1) is 9.52. The van der Waals surface area contributed by atoms with Crippen LogP contribution in [0.1, 0.15) is 10.4 Å². The number of carbonyl (C=O) groups excluding carboxylic acids is 1. The minimum atomic E-state index is -0.522. The van der Waals surface area contributed by atoms with Gasteiger partial charge >= 0.3 is 0 Å². The largest absolute Gasteiger partial charge is 0.298 e. The summed E-state index contributed by atoms with van der Waals surface area (Å²) in [6.45, 7) is 0. The molecule has 0 atom stereocenters. The van der Waals surface area contributed by atoms with Crippen LogP contribution in [0.5, 0.6) is 0 Å². The van der Waals surface area contributed by atoms with Gasteiger partial charge in [-0.1, -0.05) is 12.1 Å². The van der Waals surface area contributed by atoms with Crippen molar-refractivity contribution >= 4 is 6.29 Å². The van der Waals surface area contributed by atoms with Crippen LogP contribution in [0.2, 0.25) is 0 Å². The van der Waals surface area contributed by atoms with Gasteiger partial charge in [0.25, 0.3) is 0 Å². The number of benzene rings is 1. The molecule has 0 unspecified atom stereocenters. The van der Waals surface area contributed by atoms with E-state index in [2.05, 4.69) is 4.98 Å². The highest BCUT2D eigenvalue weighted by Gasteiger charge is 2.09. The van der Waals surface area contributed by atoms with Crippen LogP contribution in [-0.2, 0) is 0 Å². The smallest absolute Gasteiger partial charge is 0.153 e. The van der Waals surface area contributed by atoms with Crippen molar-refractivity contribution < 1.29 is 9.18 Å². The van der Waals surface area contributed by atoms with Gasteiger partial charge in [-0.05, 0) is 24.3 Å². The molecule has 0 aliphatic rings. The molecule has 0 amide bonds. The molecule has 0 radical (unpaired) electrons. The second-order valence-corrected chi connectivity index (χ2v) is 3.04. The second-order valence-electron chi connectivity index (χ2n) is 3.04. The highest BCUT2D eigenvalue weighted by atomic mass is 19.1. The molecule has 0 aliphatic carbocycles. The second kappa shape index (κ2) is 4.00. The lowest BCUT2D eigenvalue weighted by Gasteiger charge is -2.03. The predicted octanol–water partition coefficient (Wildman–Crippen LogP) is 2.70. The maximum absolute atomic E-state index is 13.7. The summed E-state index contributed by atoms with van der Waals surface area (Å²) in [4.78, 5) is 14.6. The molecular formula is C12H8FNO. The lowest BCUT2D eigenvalue weighted by molar-refractivity contribution is 0.112. The summed E-state index contributed by atoms with van der Waals surface area (Å²) in [6, 6.07) is 9.91. The highest BCUT2D eigenvalue weighted by Crippen LogP contribution is 2.21. The minimum absolute atomic E-state index is 0.0538. The molecule has 0 N–H and O–H groups in total. The molecular weight excluding hydrogens is 193 g/mol. The molecule has 1 aromatic heterocycles. The zero-order chi connectivity index (χ0) is 10.7. The Morgan fingerprint density at radius 2 is 2.00 bits per heavy atom. The van der Waals surface area contributed by atoms with Gasteiger partial charge in [-0.15, -0.1) is 0 Å². The molecule has 2 nitrogen and oxygen atoms in total. The van der Waals surface area contributed by atoms with Crippen molar-refractivity contribution in [3.63, 3.8) is 0 Å². The Morgan fingerprint density at radius 3 is 2.67 bits per heavy atom. The summed E-state index contributed by atoms with van der Waals surface area (Å²) < 4.78 is 13.7. The Labute approximate surface area is 86.4 Å². The van der Waals surface area contributed by atoms with E-state index >= 15 is 0 Å². The van der Waals surface area contributed by atoms with Crippen LogP contribution < -0.4 is 0 Å². The third kappa shape index (κ3) is 1.76. The lowest BCUT2D eigenvalue weighted by Crippen LogP contribution is -1.92. The maximum Gasteiger partial charge on any atom is 0.153 e. The number of aldehydes is 1. The molecule has 3 heteroatoms. The molecule has 2 aromatic rings. The molecule has 0 spiro atoms. The summed E-state index contributed by atoms with van der Waals surface area (Å²) in [5, 5.41) is 0. The molecule has 0 aliphatic heterocycles. The molecule has 1 aromatic carbocycles. The molecule has 74 valence electrons. The SMILES string of the molecule is O=Cc1cccc(-c2ccccn2)c1F. The van der Waals surface area contributed by atoms with Gasteiger partial charge < -0.3 is 0 Å². The quantitative estimate of drug-likeness (QED) is 0.699. The summed E-state index contributed by atoms with van der Waals surface area (Å²) in [5.41, 5.74) is 0.928. The van der Waals surface area contributed by atoms with Gasteiger partial charge in [-0.3, -0.25) is 9.78 Å². The van der Waals surface area contributed by atoms with Crippen LogP contribution in [0, 0.1) is 5.82 Å². The molecule has 0 bridgehead atoms. The van der Waals surface area contributed by atoms with E-state index in [9.17, 15) is 9.18 Å². The fourth-order valence-electron chi connectivity index (χ4n) is 1.36. The number of carbonyl (C=O) groups is 1. The average Bonchev–Trinajstić information content (AvgIpc) is 2.30. The van der Waals surface area contributed by atoms with E-state index in [-0.39, 0.29) is 5.56 Å². The van der Waals surface area contributed by atoms with Gasteiger partial charge in [-0.2, -0.15) is 0 Å². The maximum atomic E-state index is 13.7. The zero-order valence-electron chi connectivity index (χ0n) is 7.85. The van der Waals surface area contributed by atoms with Gasteiger partial charge in [0.2, 0.25) is 0 Å². The number of hydrogen-bond acceptors (Lipinski definition) is 2. The molecule has 1 heterocycles. The first-order valence-corrected chi connectivity index (χ1v) is 4.48. The fourth-order valence-corrected chi connectivity index (χ4v) is 1.36. The third-order valence-electron chi connectivity index (χ3n) is 2.10. The number of rotatable bonds is 2. The van der Waals surface area contributed by atoms with E-state index in [0.717, 1.165) is 0 Å². The monoisotopic (exact) mass is 201 g/mol. The van der Waals surface area contributed by atoms with E-state index in [4.69, 9.17) is 0 Å². The molecule has 0 saturated carbocycles. The topological polar surface area (TPSA) is 30.0 Å². The number of aromatic nitrogens is 1. The minimum Gasteiger partial charge on any atom is -0.298 e. The Bertz CT molecular complexity index is 482. The Morgan fingerprint density at radius 1 is 1.13 bits per heavy atom. The molecule has 15 heavy (non-hydrogen) atoms. The van der Waals surface area contributed by atoms with E-state index in [0.29, 0.717) is 17.5 Å². The van der Waals surface area contributed by atoms with Gasteiger partial charge in [0.1, 0.15) is 5.82 Å². The van der Waals surface area contributed by atoms with Crippen molar-refractivity contribution in [2.45, 2.75) is 0 Å². The first-order chi connectivity index (χ1) is 7.33. The molecule has 2 rings (SSSR count). The summed E-state index contributed by atoms with van der Waals surface area (Å²) in [5.74, 6) is -0.522. The average molecular weight is 201 g/mol. The van der Waals surface area contributed by atoms with Crippen LogP contribution >= 0.6 is 0 Å². The van der Waals surface area contributed by atoms with Crippen molar-refractivity contribution in [1.29, 1.82) is 0 Å². The summed E-state index contributed by atoms with van der Waals surface area (Å²) in [6.07, 6.45) is 2.09. The predicted molar refractivity (Wildman–Crippen MR) is 55.0 cm³/mol. The Kier molecular flexibility index (Phi) is 2.54. The fraction of sp³-hybridized carbons (Fsp3) is 0. The lowest BCUT2D eigenvalue weighted by atomic mass is 10.1. The third-order valence-corrected chi connectivity index (χ3v) is 2.10. The van der Waals surface area contributed by atoms with Crippen molar-refractivity contribution in [3.05, 3.63) is 54.0 Å². The summed E-state index contributed by atoms with van der Waals surface area (Å²) >= 11 is 0. The molecule has 0 saturated heterocycles. The van der Waals surface area contributed by atoms with Crippen molar-refractivity contribution in [2.24, 2.45) is 0 Å². The van der Waals surface area contributed by atoms with Crippen LogP contribution in [0.15, 0.2) is 42.6 Å². The van der Waals surface area contributed by atoms with Crippen molar-refractivity contribution in [2.75, 3.05) is 0 Å². The van der Waals surface area contributed by atoms with Gasteiger partial charge in [0.15, 0.2) is 6.29 Å². The van der Waals surface area contributed by atoms with Crippen LogP contribution in [0.25, 0.3) is 11.3 Å². The van der Waals surface area contributed by atoms with Crippen LogP contribution in [0.3, 0.4) is 0 Å². The van der Waals surface area contributed by atoms with Gasteiger partial charge in [0, 0.05) is 11.8 Å². The van der Waals surface area contributed by atoms with Crippen LogP contribution in [0.4, 0.5) is 4.39 Å². The Hall–Kier alpha value is -2.03. The van der Waals surface area contributed by atoms with Crippen LogP contribution in [-0.4, -0.2) is 11.3 Å². The van der Waals surface area contributed by atoms with Gasteiger partial charge in [0.05, 0.1) is 11.3 Å².